The lowest BCUT2D eigenvalue weighted by atomic mass is 10.00. The minimum atomic E-state index is -0.304. The fraction of sp³-hybridized carbons (Fsp3) is 0.250. The summed E-state index contributed by atoms with van der Waals surface area (Å²) in [6.07, 6.45) is 0.129. The molecule has 0 unspecified atom stereocenters. The molecule has 0 saturated carbocycles. The van der Waals surface area contributed by atoms with E-state index >= 15 is 0 Å². The van der Waals surface area contributed by atoms with E-state index in [1.165, 1.54) is 0 Å². The second-order valence-electron chi connectivity index (χ2n) is 8.41. The monoisotopic (exact) mass is 469 g/mol. The van der Waals surface area contributed by atoms with Gasteiger partial charge in [0.1, 0.15) is 29.9 Å². The number of aromatic hydroxyl groups is 1. The maximum absolute atomic E-state index is 12.0. The molecule has 0 bridgehead atoms. The molecule has 0 fully saturated rings. The number of nitrogens with zero attached hydrogens (tertiary/aromatic N) is 3. The second-order valence-corrected chi connectivity index (χ2v) is 8.41. The molecule has 7 heteroatoms. The zero-order chi connectivity index (χ0) is 24.9. The standard InChI is InChI=1S/C28H27N3O4/c1-4-34-27(32)15-20-8-5-6-11-26(20)35-17-24-23-14-19(12-13-25(23)31(30-24)18(2)3)22-10-7-9-21(16-29)28(22)33/h5-14,18,33H,4,15,17H2,1-3H3. The van der Waals surface area contributed by atoms with Gasteiger partial charge >= 0.3 is 5.97 Å². The Bertz CT molecular complexity index is 1420. The van der Waals surface area contributed by atoms with Crippen molar-refractivity contribution < 1.29 is 19.4 Å². The van der Waals surface area contributed by atoms with Crippen LogP contribution in [0.25, 0.3) is 22.0 Å². The van der Waals surface area contributed by atoms with Crippen LogP contribution in [-0.4, -0.2) is 27.5 Å². The van der Waals surface area contributed by atoms with Crippen LogP contribution in [0.15, 0.2) is 60.7 Å². The van der Waals surface area contributed by atoms with Crippen molar-refractivity contribution in [1.29, 1.82) is 5.26 Å². The molecule has 0 amide bonds. The molecule has 0 aliphatic heterocycles. The number of nitriles is 1. The third-order valence-electron chi connectivity index (χ3n) is 5.72. The molecule has 0 saturated heterocycles. The van der Waals surface area contributed by atoms with Crippen molar-refractivity contribution in [2.75, 3.05) is 6.61 Å². The number of hydrogen-bond acceptors (Lipinski definition) is 6. The Kier molecular flexibility index (Phi) is 7.02. The van der Waals surface area contributed by atoms with E-state index in [1.807, 2.05) is 53.2 Å². The Morgan fingerprint density at radius 3 is 2.69 bits per heavy atom. The van der Waals surface area contributed by atoms with Crippen LogP contribution in [0.5, 0.6) is 11.5 Å². The molecule has 4 rings (SSSR count). The number of ether oxygens (including phenoxy) is 2. The van der Waals surface area contributed by atoms with E-state index < -0.39 is 0 Å². The highest BCUT2D eigenvalue weighted by Gasteiger charge is 2.17. The molecule has 0 aliphatic carbocycles. The number of hydrogen-bond donors (Lipinski definition) is 1. The Morgan fingerprint density at radius 1 is 1.14 bits per heavy atom. The first-order chi connectivity index (χ1) is 16.9. The highest BCUT2D eigenvalue weighted by Crippen LogP contribution is 2.35. The van der Waals surface area contributed by atoms with Crippen LogP contribution in [-0.2, 0) is 22.6 Å². The number of rotatable bonds is 8. The number of phenolic OH excluding ortho intramolecular Hbond substituents is 1. The molecule has 0 spiro atoms. The normalized spacial score (nSPS) is 10.9. The van der Waals surface area contributed by atoms with E-state index in [9.17, 15) is 15.2 Å². The minimum Gasteiger partial charge on any atom is -0.506 e. The first-order valence-electron chi connectivity index (χ1n) is 11.5. The van der Waals surface area contributed by atoms with Crippen LogP contribution in [0.2, 0.25) is 0 Å². The van der Waals surface area contributed by atoms with Crippen LogP contribution < -0.4 is 4.74 Å². The summed E-state index contributed by atoms with van der Waals surface area (Å²) in [6.45, 7) is 6.42. The van der Waals surface area contributed by atoms with Gasteiger partial charge in [0.2, 0.25) is 0 Å². The average molecular weight is 470 g/mol. The highest BCUT2D eigenvalue weighted by molar-refractivity contribution is 5.88. The van der Waals surface area contributed by atoms with Crippen molar-refractivity contribution in [3.8, 4) is 28.7 Å². The molecule has 35 heavy (non-hydrogen) atoms. The number of carbonyl (C=O) groups excluding carboxylic acids is 1. The van der Waals surface area contributed by atoms with Crippen LogP contribution in [0, 0.1) is 11.3 Å². The van der Waals surface area contributed by atoms with Crippen molar-refractivity contribution in [2.45, 2.75) is 39.8 Å². The van der Waals surface area contributed by atoms with Gasteiger partial charge in [0.05, 0.1) is 24.1 Å². The van der Waals surface area contributed by atoms with E-state index in [-0.39, 0.29) is 36.4 Å². The molecular weight excluding hydrogens is 442 g/mol. The van der Waals surface area contributed by atoms with Gasteiger partial charge in [0.15, 0.2) is 0 Å². The molecule has 1 heterocycles. The molecule has 4 aromatic rings. The van der Waals surface area contributed by atoms with Crippen LogP contribution in [0.1, 0.15) is 43.6 Å². The van der Waals surface area contributed by atoms with Gasteiger partial charge < -0.3 is 14.6 Å². The zero-order valence-corrected chi connectivity index (χ0v) is 20.0. The molecule has 0 aliphatic rings. The number of benzene rings is 3. The van der Waals surface area contributed by atoms with Gasteiger partial charge in [-0.2, -0.15) is 10.4 Å². The molecule has 0 radical (unpaired) electrons. The third kappa shape index (κ3) is 4.97. The van der Waals surface area contributed by atoms with E-state index in [0.717, 1.165) is 27.7 Å². The average Bonchev–Trinajstić information content (AvgIpc) is 3.22. The third-order valence-corrected chi connectivity index (χ3v) is 5.72. The lowest BCUT2D eigenvalue weighted by Crippen LogP contribution is -2.09. The van der Waals surface area contributed by atoms with E-state index in [2.05, 4.69) is 13.8 Å². The summed E-state index contributed by atoms with van der Waals surface area (Å²) in [4.78, 5) is 12.0. The van der Waals surface area contributed by atoms with Crippen LogP contribution >= 0.6 is 0 Å². The Balaban J connectivity index is 1.70. The quantitative estimate of drug-likeness (QED) is 0.340. The molecule has 0 atom stereocenters. The van der Waals surface area contributed by atoms with E-state index in [4.69, 9.17) is 14.6 Å². The summed E-state index contributed by atoms with van der Waals surface area (Å²) < 4.78 is 13.2. The maximum atomic E-state index is 12.0. The van der Waals surface area contributed by atoms with Crippen molar-refractivity contribution in [2.24, 2.45) is 0 Å². The minimum absolute atomic E-state index is 0.0451. The van der Waals surface area contributed by atoms with Gasteiger partial charge in [-0.3, -0.25) is 9.48 Å². The molecule has 178 valence electrons. The molecule has 3 aromatic carbocycles. The molecule has 1 aromatic heterocycles. The first-order valence-corrected chi connectivity index (χ1v) is 11.5. The number of esters is 1. The van der Waals surface area contributed by atoms with Gasteiger partial charge in [0, 0.05) is 22.6 Å². The van der Waals surface area contributed by atoms with Gasteiger partial charge in [-0.1, -0.05) is 36.4 Å². The second kappa shape index (κ2) is 10.3. The summed E-state index contributed by atoms with van der Waals surface area (Å²) in [7, 11) is 0. The SMILES string of the molecule is CCOC(=O)Cc1ccccc1OCc1nn(C(C)C)c2ccc(-c3cccc(C#N)c3O)cc12. The Labute approximate surface area is 204 Å². The smallest absolute Gasteiger partial charge is 0.310 e. The molecule has 1 N–H and O–H groups in total. The number of aromatic nitrogens is 2. The van der Waals surface area contributed by atoms with Crippen molar-refractivity contribution in [1.82, 2.24) is 9.78 Å². The number of carbonyl (C=O) groups is 1. The van der Waals surface area contributed by atoms with Gasteiger partial charge in [-0.25, -0.2) is 0 Å². The summed E-state index contributed by atoms with van der Waals surface area (Å²) in [5, 5.41) is 25.5. The predicted molar refractivity (Wildman–Crippen MR) is 133 cm³/mol. The van der Waals surface area contributed by atoms with E-state index in [1.54, 1.807) is 25.1 Å². The fourth-order valence-electron chi connectivity index (χ4n) is 4.04. The first kappa shape index (κ1) is 23.8. The molecule has 7 nitrogen and oxygen atoms in total. The summed E-state index contributed by atoms with van der Waals surface area (Å²) >= 11 is 0. The Morgan fingerprint density at radius 2 is 1.94 bits per heavy atom. The lowest BCUT2D eigenvalue weighted by molar-refractivity contribution is -0.142. The van der Waals surface area contributed by atoms with Crippen molar-refractivity contribution in [3.63, 3.8) is 0 Å². The topological polar surface area (TPSA) is 97.4 Å². The number of para-hydroxylation sites is 2. The van der Waals surface area contributed by atoms with E-state index in [0.29, 0.717) is 17.9 Å². The largest absolute Gasteiger partial charge is 0.506 e. The van der Waals surface area contributed by atoms with Gasteiger partial charge in [-0.05, 0) is 50.6 Å². The molecular formula is C28H27N3O4. The predicted octanol–water partition coefficient (Wildman–Crippen LogP) is 5.55. The summed E-state index contributed by atoms with van der Waals surface area (Å²) in [5.74, 6) is 0.252. The number of fused-ring (bicyclic) bond motifs is 1. The van der Waals surface area contributed by atoms with Gasteiger partial charge in [-0.15, -0.1) is 0 Å². The zero-order valence-electron chi connectivity index (χ0n) is 20.0. The summed E-state index contributed by atoms with van der Waals surface area (Å²) in [6, 6.07) is 20.5. The van der Waals surface area contributed by atoms with Crippen LogP contribution in [0.3, 0.4) is 0 Å². The van der Waals surface area contributed by atoms with Crippen LogP contribution in [0.4, 0.5) is 0 Å². The highest BCUT2D eigenvalue weighted by atomic mass is 16.5. The Hall–Kier alpha value is -4.31. The van der Waals surface area contributed by atoms with Crippen molar-refractivity contribution in [3.05, 3.63) is 77.5 Å². The fourth-order valence-corrected chi connectivity index (χ4v) is 4.04. The maximum Gasteiger partial charge on any atom is 0.310 e. The number of phenols is 1. The van der Waals surface area contributed by atoms with Gasteiger partial charge in [0.25, 0.3) is 0 Å². The van der Waals surface area contributed by atoms with Crippen molar-refractivity contribution >= 4 is 16.9 Å². The lowest BCUT2D eigenvalue weighted by Gasteiger charge is -2.11. The summed E-state index contributed by atoms with van der Waals surface area (Å²) in [5.41, 5.74) is 4.00.